The van der Waals surface area contributed by atoms with Gasteiger partial charge in [-0.1, -0.05) is 0 Å². The van der Waals surface area contributed by atoms with Gasteiger partial charge in [0.05, 0.1) is 29.6 Å². The molecule has 0 amide bonds. The summed E-state index contributed by atoms with van der Waals surface area (Å²) >= 11 is 0. The maximum absolute atomic E-state index is 11.3. The normalized spacial score (nSPS) is 30.8. The minimum Gasteiger partial charge on any atom is -0.454 e. The molecule has 0 unspecified atom stereocenters. The number of hydrogen-bond acceptors (Lipinski definition) is 5. The summed E-state index contributed by atoms with van der Waals surface area (Å²) in [6.45, 7) is 2.03. The second kappa shape index (κ2) is 4.96. The van der Waals surface area contributed by atoms with E-state index in [1.165, 1.54) is 11.0 Å². The smallest absolute Gasteiger partial charge is 0.280 e. The van der Waals surface area contributed by atoms with Crippen molar-refractivity contribution in [3.8, 4) is 11.5 Å². The van der Waals surface area contributed by atoms with E-state index in [1.54, 1.807) is 12.1 Å². The zero-order valence-electron chi connectivity index (χ0n) is 11.9. The van der Waals surface area contributed by atoms with E-state index in [-0.39, 0.29) is 18.4 Å². The van der Waals surface area contributed by atoms with Gasteiger partial charge in [-0.15, -0.1) is 0 Å². The fourth-order valence-electron chi connectivity index (χ4n) is 3.63. The SMILES string of the molecule is O=[N+]([O-])c1cc2c(cc1/C=C1/[C@@H](O)C3CC[NH+]1CC3)OCO2. The molecule has 0 aromatic heterocycles. The molecule has 4 aliphatic heterocycles. The molecule has 4 aliphatic rings. The van der Waals surface area contributed by atoms with Gasteiger partial charge in [-0.05, 0) is 6.07 Å². The summed E-state index contributed by atoms with van der Waals surface area (Å²) < 4.78 is 10.5. The third-order valence-corrected chi connectivity index (χ3v) is 4.84. The van der Waals surface area contributed by atoms with E-state index < -0.39 is 11.0 Å². The topological polar surface area (TPSA) is 86.3 Å². The zero-order chi connectivity index (χ0) is 15.3. The standard InChI is InChI=1S/C15H16N2O5/c18-15-9-1-3-16(4-2-9)12(15)5-10-6-13-14(22-8-21-13)7-11(10)17(19)20/h5-7,9,15,18H,1-4,8H2/p+1/b12-5-/t15-/m0/s1. The molecule has 2 N–H and O–H groups in total. The summed E-state index contributed by atoms with van der Waals surface area (Å²) in [6, 6.07) is 3.02. The number of aliphatic hydroxyl groups is 1. The van der Waals surface area contributed by atoms with Gasteiger partial charge in [0.25, 0.3) is 5.69 Å². The van der Waals surface area contributed by atoms with Crippen LogP contribution in [0, 0.1) is 16.0 Å². The Morgan fingerprint density at radius 2 is 1.95 bits per heavy atom. The number of benzene rings is 1. The minimum absolute atomic E-state index is 0.0222. The van der Waals surface area contributed by atoms with Crippen LogP contribution in [-0.2, 0) is 0 Å². The number of piperidine rings is 3. The molecule has 5 rings (SSSR count). The van der Waals surface area contributed by atoms with Crippen LogP contribution in [0.1, 0.15) is 18.4 Å². The van der Waals surface area contributed by atoms with Gasteiger partial charge in [0.2, 0.25) is 6.79 Å². The predicted molar refractivity (Wildman–Crippen MR) is 76.6 cm³/mol. The minimum atomic E-state index is -0.512. The Morgan fingerprint density at radius 1 is 1.27 bits per heavy atom. The first kappa shape index (κ1) is 13.5. The van der Waals surface area contributed by atoms with Gasteiger partial charge in [-0.3, -0.25) is 10.1 Å². The van der Waals surface area contributed by atoms with Crippen LogP contribution in [0.5, 0.6) is 11.5 Å². The second-order valence-corrected chi connectivity index (χ2v) is 6.01. The van der Waals surface area contributed by atoms with Crippen LogP contribution in [0.3, 0.4) is 0 Å². The number of aliphatic hydroxyl groups excluding tert-OH is 1. The lowest BCUT2D eigenvalue weighted by molar-refractivity contribution is -0.880. The molecular formula is C15H17N2O5+. The number of hydrogen-bond donors (Lipinski definition) is 2. The Bertz CT molecular complexity index is 660. The maximum atomic E-state index is 11.3. The predicted octanol–water partition coefficient (Wildman–Crippen LogP) is 0.334. The molecule has 4 heterocycles. The third kappa shape index (κ3) is 2.05. The average molecular weight is 305 g/mol. The largest absolute Gasteiger partial charge is 0.454 e. The number of nitrogens with zero attached hydrogens (tertiary/aromatic N) is 1. The fourth-order valence-corrected chi connectivity index (χ4v) is 3.63. The highest BCUT2D eigenvalue weighted by atomic mass is 16.7. The molecule has 0 spiro atoms. The van der Waals surface area contributed by atoms with Crippen LogP contribution in [-0.4, -0.2) is 36.0 Å². The van der Waals surface area contributed by atoms with E-state index in [0.717, 1.165) is 31.6 Å². The van der Waals surface area contributed by atoms with Gasteiger partial charge < -0.3 is 19.5 Å². The Morgan fingerprint density at radius 3 is 2.59 bits per heavy atom. The molecule has 7 nitrogen and oxygen atoms in total. The number of quaternary nitrogens is 1. The summed E-state index contributed by atoms with van der Waals surface area (Å²) in [6.07, 6.45) is 3.27. The molecule has 116 valence electrons. The van der Waals surface area contributed by atoms with E-state index in [9.17, 15) is 15.2 Å². The van der Waals surface area contributed by atoms with Gasteiger partial charge in [0.15, 0.2) is 11.5 Å². The molecule has 3 fully saturated rings. The van der Waals surface area contributed by atoms with E-state index >= 15 is 0 Å². The average Bonchev–Trinajstić information content (AvgIpc) is 2.97. The Labute approximate surface area is 126 Å². The second-order valence-electron chi connectivity index (χ2n) is 6.01. The summed E-state index contributed by atoms with van der Waals surface area (Å²) in [5, 5.41) is 21.7. The lowest BCUT2D eigenvalue weighted by Gasteiger charge is -2.40. The molecule has 0 radical (unpaired) electrons. The first-order valence-electron chi connectivity index (χ1n) is 7.46. The highest BCUT2D eigenvalue weighted by molar-refractivity contribution is 5.68. The van der Waals surface area contributed by atoms with Crippen molar-refractivity contribution in [2.24, 2.45) is 5.92 Å². The first-order chi connectivity index (χ1) is 10.6. The van der Waals surface area contributed by atoms with Crippen LogP contribution in [0.15, 0.2) is 17.8 Å². The Hall–Kier alpha value is -2.12. The van der Waals surface area contributed by atoms with Crippen LogP contribution in [0.25, 0.3) is 6.08 Å². The number of nitro groups is 1. The van der Waals surface area contributed by atoms with Crippen LogP contribution in [0.2, 0.25) is 0 Å². The van der Waals surface area contributed by atoms with Crippen molar-refractivity contribution in [1.29, 1.82) is 0 Å². The Balaban J connectivity index is 1.79. The van der Waals surface area contributed by atoms with E-state index in [2.05, 4.69) is 0 Å². The van der Waals surface area contributed by atoms with E-state index in [0.29, 0.717) is 17.1 Å². The summed E-state index contributed by atoms with van der Waals surface area (Å²) in [5.41, 5.74) is 1.29. The summed E-state index contributed by atoms with van der Waals surface area (Å²) in [4.78, 5) is 12.1. The molecular weight excluding hydrogens is 288 g/mol. The van der Waals surface area contributed by atoms with Crippen molar-refractivity contribution in [3.05, 3.63) is 33.5 Å². The number of nitro benzene ring substituents is 1. The molecule has 0 saturated carbocycles. The van der Waals surface area contributed by atoms with Gasteiger partial charge in [-0.25, -0.2) is 0 Å². The van der Waals surface area contributed by atoms with Crippen molar-refractivity contribution in [2.45, 2.75) is 18.9 Å². The molecule has 3 saturated heterocycles. The fraction of sp³-hybridized carbons (Fsp3) is 0.467. The highest BCUT2D eigenvalue weighted by Gasteiger charge is 2.41. The molecule has 22 heavy (non-hydrogen) atoms. The van der Waals surface area contributed by atoms with Crippen LogP contribution < -0.4 is 14.4 Å². The maximum Gasteiger partial charge on any atom is 0.280 e. The third-order valence-electron chi connectivity index (χ3n) is 4.84. The molecule has 2 bridgehead atoms. The van der Waals surface area contributed by atoms with Gasteiger partial charge in [-0.2, -0.15) is 0 Å². The molecule has 1 aromatic rings. The number of rotatable bonds is 2. The number of ether oxygens (including phenoxy) is 2. The quantitative estimate of drug-likeness (QED) is 0.607. The number of nitrogens with one attached hydrogen (secondary N) is 1. The lowest BCUT2D eigenvalue weighted by atomic mass is 9.83. The van der Waals surface area contributed by atoms with Crippen molar-refractivity contribution >= 4 is 11.8 Å². The molecule has 1 atom stereocenters. The Kier molecular flexibility index (Phi) is 3.05. The van der Waals surface area contributed by atoms with Gasteiger partial charge in [0.1, 0.15) is 11.8 Å². The highest BCUT2D eigenvalue weighted by Crippen LogP contribution is 2.39. The van der Waals surface area contributed by atoms with E-state index in [4.69, 9.17) is 9.47 Å². The zero-order valence-corrected chi connectivity index (χ0v) is 11.9. The van der Waals surface area contributed by atoms with Crippen molar-refractivity contribution < 1.29 is 24.4 Å². The monoisotopic (exact) mass is 305 g/mol. The molecule has 7 heteroatoms. The number of fused-ring (bicyclic) bond motifs is 4. The van der Waals surface area contributed by atoms with Crippen molar-refractivity contribution in [1.82, 2.24) is 0 Å². The summed E-state index contributed by atoms with van der Waals surface area (Å²) in [7, 11) is 0. The van der Waals surface area contributed by atoms with Crippen LogP contribution >= 0.6 is 0 Å². The van der Waals surface area contributed by atoms with Crippen molar-refractivity contribution in [3.63, 3.8) is 0 Å². The van der Waals surface area contributed by atoms with Gasteiger partial charge in [0, 0.05) is 24.8 Å². The van der Waals surface area contributed by atoms with Crippen LogP contribution in [0.4, 0.5) is 5.69 Å². The lowest BCUT2D eigenvalue weighted by Crippen LogP contribution is -3.14. The van der Waals surface area contributed by atoms with E-state index in [1.807, 2.05) is 0 Å². The van der Waals surface area contributed by atoms with Crippen molar-refractivity contribution in [2.75, 3.05) is 19.9 Å². The molecule has 1 aromatic carbocycles. The first-order valence-corrected chi connectivity index (χ1v) is 7.46. The molecule has 0 aliphatic carbocycles. The van der Waals surface area contributed by atoms with Gasteiger partial charge >= 0.3 is 0 Å². The summed E-state index contributed by atoms with van der Waals surface area (Å²) in [5.74, 6) is 1.18.